The van der Waals surface area contributed by atoms with Gasteiger partial charge in [-0.15, -0.1) is 0 Å². The van der Waals surface area contributed by atoms with Crippen molar-refractivity contribution in [3.8, 4) is 0 Å². The highest BCUT2D eigenvalue weighted by atomic mass is 16.1. The first-order valence-corrected chi connectivity index (χ1v) is 6.98. The molecule has 0 spiro atoms. The predicted octanol–water partition coefficient (Wildman–Crippen LogP) is 4.87. The smallest absolute Gasteiger partial charge is 0.166 e. The zero-order valence-electron chi connectivity index (χ0n) is 12.6. The van der Waals surface area contributed by atoms with Crippen LogP contribution in [0.4, 0.5) is 0 Å². The fraction of sp³-hybridized carbons (Fsp3) is 0.588. The third-order valence-electron chi connectivity index (χ3n) is 3.54. The van der Waals surface area contributed by atoms with Crippen molar-refractivity contribution in [2.45, 2.75) is 54.4 Å². The number of rotatable bonds is 5. The lowest BCUT2D eigenvalue weighted by atomic mass is 9.84. The Bertz CT molecular complexity index is 406. The van der Waals surface area contributed by atoms with E-state index in [1.807, 2.05) is 0 Å². The molecule has 0 bridgehead atoms. The van der Waals surface area contributed by atoms with Crippen LogP contribution in [0.2, 0.25) is 0 Å². The summed E-state index contributed by atoms with van der Waals surface area (Å²) in [7, 11) is 0. The minimum Gasteiger partial charge on any atom is -0.294 e. The molecule has 0 N–H and O–H groups in total. The number of Topliss-reactive ketones (excluding diaryl/α,β-unsaturated/α-hetero) is 1. The van der Waals surface area contributed by atoms with E-state index in [4.69, 9.17) is 0 Å². The zero-order chi connectivity index (χ0) is 13.9. The summed E-state index contributed by atoms with van der Waals surface area (Å²) in [5.74, 6) is 1.08. The minimum atomic E-state index is 0.171. The van der Waals surface area contributed by atoms with Gasteiger partial charge in [0.15, 0.2) is 5.78 Å². The first-order valence-electron chi connectivity index (χ1n) is 6.98. The lowest BCUT2D eigenvalue weighted by Gasteiger charge is -2.19. The highest BCUT2D eigenvalue weighted by Gasteiger charge is 2.22. The summed E-state index contributed by atoms with van der Waals surface area (Å²) in [6.07, 6.45) is 1.92. The molecule has 1 unspecified atom stereocenters. The summed E-state index contributed by atoms with van der Waals surface area (Å²) in [6.45, 7) is 12.7. The van der Waals surface area contributed by atoms with Gasteiger partial charge in [0.1, 0.15) is 0 Å². The number of hydrogen-bond acceptors (Lipinski definition) is 1. The molecule has 0 aliphatic carbocycles. The average molecular weight is 246 g/mol. The van der Waals surface area contributed by atoms with Crippen LogP contribution in [-0.4, -0.2) is 5.78 Å². The molecule has 0 saturated carbocycles. The van der Waals surface area contributed by atoms with Crippen LogP contribution in [0.3, 0.4) is 0 Å². The maximum atomic E-state index is 12.7. The van der Waals surface area contributed by atoms with Crippen LogP contribution < -0.4 is 0 Å². The Labute approximate surface area is 112 Å². The third kappa shape index (κ3) is 3.44. The molecule has 0 amide bonds. The molecule has 1 heteroatoms. The second-order valence-electron chi connectivity index (χ2n) is 5.87. The molecule has 0 radical (unpaired) electrons. The molecule has 0 saturated heterocycles. The first kappa shape index (κ1) is 14.9. The van der Waals surface area contributed by atoms with Gasteiger partial charge in [-0.1, -0.05) is 38.5 Å². The van der Waals surface area contributed by atoms with E-state index in [1.54, 1.807) is 0 Å². The van der Waals surface area contributed by atoms with E-state index in [9.17, 15) is 4.79 Å². The number of aryl methyl sites for hydroxylation is 3. The summed E-state index contributed by atoms with van der Waals surface area (Å²) in [5, 5.41) is 0. The molecule has 0 aromatic heterocycles. The highest BCUT2D eigenvalue weighted by molar-refractivity contribution is 6.00. The average Bonchev–Trinajstić information content (AvgIpc) is 2.23. The van der Waals surface area contributed by atoms with Gasteiger partial charge < -0.3 is 0 Å². The normalized spacial score (nSPS) is 12.8. The molecule has 100 valence electrons. The first-order chi connectivity index (χ1) is 8.36. The van der Waals surface area contributed by atoms with Gasteiger partial charge in [-0.2, -0.15) is 0 Å². The maximum Gasteiger partial charge on any atom is 0.166 e. The van der Waals surface area contributed by atoms with Crippen molar-refractivity contribution in [2.24, 2.45) is 11.8 Å². The summed E-state index contributed by atoms with van der Waals surface area (Å²) in [5.41, 5.74) is 4.44. The van der Waals surface area contributed by atoms with E-state index in [0.29, 0.717) is 11.7 Å². The Hall–Kier alpha value is -1.11. The van der Waals surface area contributed by atoms with E-state index in [0.717, 1.165) is 29.5 Å². The van der Waals surface area contributed by atoms with Crippen LogP contribution in [0.15, 0.2) is 12.1 Å². The second kappa shape index (κ2) is 6.17. The molecule has 18 heavy (non-hydrogen) atoms. The van der Waals surface area contributed by atoms with Crippen molar-refractivity contribution >= 4 is 5.78 Å². The van der Waals surface area contributed by atoms with E-state index in [-0.39, 0.29) is 5.92 Å². The summed E-state index contributed by atoms with van der Waals surface area (Å²) in [4.78, 5) is 12.7. The summed E-state index contributed by atoms with van der Waals surface area (Å²) in [6, 6.07) is 4.23. The molecular weight excluding hydrogens is 220 g/mol. The van der Waals surface area contributed by atoms with Crippen molar-refractivity contribution in [1.29, 1.82) is 0 Å². The van der Waals surface area contributed by atoms with Crippen LogP contribution >= 0.6 is 0 Å². The number of carbonyl (C=O) groups excluding carboxylic acids is 1. The van der Waals surface area contributed by atoms with Crippen LogP contribution in [-0.2, 0) is 0 Å². The van der Waals surface area contributed by atoms with E-state index in [1.165, 1.54) is 5.56 Å². The molecule has 1 rings (SSSR count). The number of hydrogen-bond donors (Lipinski definition) is 0. The third-order valence-corrected chi connectivity index (χ3v) is 3.54. The molecular formula is C17H26O. The monoisotopic (exact) mass is 246 g/mol. The summed E-state index contributed by atoms with van der Waals surface area (Å²) < 4.78 is 0. The standard InChI is InChI=1S/C17H26O/c1-7-15(8-11(2)3)17(18)16-13(5)9-12(4)10-14(16)6/h9-11,15H,7-8H2,1-6H3. The number of carbonyl (C=O) groups is 1. The van der Waals surface area contributed by atoms with Crippen LogP contribution in [0.1, 0.15) is 60.7 Å². The SMILES string of the molecule is CCC(CC(C)C)C(=O)c1c(C)cc(C)cc1C. The molecule has 0 aliphatic heterocycles. The molecule has 1 atom stereocenters. The van der Waals surface area contributed by atoms with Crippen molar-refractivity contribution in [3.63, 3.8) is 0 Å². The highest BCUT2D eigenvalue weighted by Crippen LogP contribution is 2.25. The predicted molar refractivity (Wildman–Crippen MR) is 78.2 cm³/mol. The Morgan fingerprint density at radius 3 is 2.00 bits per heavy atom. The van der Waals surface area contributed by atoms with Gasteiger partial charge in [0.05, 0.1) is 0 Å². The van der Waals surface area contributed by atoms with Crippen LogP contribution in [0.5, 0.6) is 0 Å². The molecule has 1 aromatic carbocycles. The van der Waals surface area contributed by atoms with Gasteiger partial charge in [0.25, 0.3) is 0 Å². The molecule has 1 aromatic rings. The van der Waals surface area contributed by atoms with Gasteiger partial charge in [-0.05, 0) is 50.7 Å². The van der Waals surface area contributed by atoms with E-state index in [2.05, 4.69) is 53.7 Å². The summed E-state index contributed by atoms with van der Waals surface area (Å²) >= 11 is 0. The Balaban J connectivity index is 3.09. The van der Waals surface area contributed by atoms with Crippen molar-refractivity contribution in [3.05, 3.63) is 34.4 Å². The number of benzene rings is 1. The van der Waals surface area contributed by atoms with Crippen molar-refractivity contribution in [2.75, 3.05) is 0 Å². The Morgan fingerprint density at radius 2 is 1.61 bits per heavy atom. The maximum absolute atomic E-state index is 12.7. The fourth-order valence-electron chi connectivity index (χ4n) is 2.80. The van der Waals surface area contributed by atoms with Gasteiger partial charge in [0.2, 0.25) is 0 Å². The largest absolute Gasteiger partial charge is 0.294 e. The zero-order valence-corrected chi connectivity index (χ0v) is 12.6. The van der Waals surface area contributed by atoms with Crippen LogP contribution in [0, 0.1) is 32.6 Å². The lowest BCUT2D eigenvalue weighted by molar-refractivity contribution is 0.0898. The van der Waals surface area contributed by atoms with Crippen molar-refractivity contribution in [1.82, 2.24) is 0 Å². The van der Waals surface area contributed by atoms with E-state index >= 15 is 0 Å². The Morgan fingerprint density at radius 1 is 1.11 bits per heavy atom. The minimum absolute atomic E-state index is 0.171. The van der Waals surface area contributed by atoms with Crippen molar-refractivity contribution < 1.29 is 4.79 Å². The van der Waals surface area contributed by atoms with Gasteiger partial charge >= 0.3 is 0 Å². The quantitative estimate of drug-likeness (QED) is 0.678. The second-order valence-corrected chi connectivity index (χ2v) is 5.87. The number of ketones is 1. The van der Waals surface area contributed by atoms with E-state index < -0.39 is 0 Å². The van der Waals surface area contributed by atoms with Gasteiger partial charge in [-0.25, -0.2) is 0 Å². The molecule has 0 heterocycles. The van der Waals surface area contributed by atoms with Gasteiger partial charge in [-0.3, -0.25) is 4.79 Å². The topological polar surface area (TPSA) is 17.1 Å². The lowest BCUT2D eigenvalue weighted by Crippen LogP contribution is -2.18. The fourth-order valence-corrected chi connectivity index (χ4v) is 2.80. The van der Waals surface area contributed by atoms with Gasteiger partial charge in [0, 0.05) is 11.5 Å². The molecule has 0 fully saturated rings. The molecule has 0 aliphatic rings. The Kier molecular flexibility index (Phi) is 5.13. The molecule has 1 nitrogen and oxygen atoms in total. The van der Waals surface area contributed by atoms with Crippen LogP contribution in [0.25, 0.3) is 0 Å².